The second-order valence-electron chi connectivity index (χ2n) is 6.90. The maximum atomic E-state index is 12.9. The van der Waals surface area contributed by atoms with E-state index >= 15 is 0 Å². The number of aromatic nitrogens is 4. The predicted molar refractivity (Wildman–Crippen MR) is 115 cm³/mol. The number of aryl methyl sites for hydroxylation is 2. The fraction of sp³-hybridized carbons (Fsp3) is 0.190. The van der Waals surface area contributed by atoms with Crippen LogP contribution >= 0.6 is 15.9 Å². The molecule has 0 aliphatic heterocycles. The van der Waals surface area contributed by atoms with Crippen LogP contribution in [0.15, 0.2) is 62.6 Å². The number of hydrogen-bond acceptors (Lipinski definition) is 4. The molecule has 8 heteroatoms. The second kappa shape index (κ2) is 7.36. The Morgan fingerprint density at radius 3 is 2.45 bits per heavy atom. The molecule has 0 N–H and O–H groups in total. The Morgan fingerprint density at radius 2 is 1.76 bits per heavy atom. The van der Waals surface area contributed by atoms with Crippen molar-refractivity contribution in [3.8, 4) is 11.8 Å². The van der Waals surface area contributed by atoms with Gasteiger partial charge in [-0.3, -0.25) is 18.5 Å². The lowest BCUT2D eigenvalue weighted by Crippen LogP contribution is -2.37. The van der Waals surface area contributed by atoms with Gasteiger partial charge in [0.2, 0.25) is 0 Å². The molecule has 0 saturated carbocycles. The van der Waals surface area contributed by atoms with Gasteiger partial charge >= 0.3 is 11.7 Å². The minimum atomic E-state index is -0.433. The lowest BCUT2D eigenvalue weighted by Gasteiger charge is -2.11. The first kappa shape index (κ1) is 19.2. The van der Waals surface area contributed by atoms with Crippen molar-refractivity contribution in [1.29, 1.82) is 0 Å². The molecule has 0 saturated heterocycles. The molecule has 2 heterocycles. The number of halogens is 1. The topological polar surface area (TPSA) is 71.1 Å². The normalized spacial score (nSPS) is 11.2. The fourth-order valence-electron chi connectivity index (χ4n) is 3.21. The van der Waals surface area contributed by atoms with E-state index in [0.717, 1.165) is 20.2 Å². The maximum absolute atomic E-state index is 12.9. The van der Waals surface area contributed by atoms with Crippen LogP contribution in [0.4, 0.5) is 0 Å². The van der Waals surface area contributed by atoms with Crippen LogP contribution in [-0.2, 0) is 20.6 Å². The Kier molecular flexibility index (Phi) is 4.87. The fourth-order valence-corrected chi connectivity index (χ4v) is 3.47. The van der Waals surface area contributed by atoms with E-state index in [9.17, 15) is 9.59 Å². The third-order valence-corrected chi connectivity index (χ3v) is 5.29. The lowest BCUT2D eigenvalue weighted by molar-refractivity contribution is 0.421. The van der Waals surface area contributed by atoms with Crippen molar-refractivity contribution in [2.75, 3.05) is 0 Å². The molecule has 0 aliphatic rings. The second-order valence-corrected chi connectivity index (χ2v) is 7.82. The highest BCUT2D eigenvalue weighted by Crippen LogP contribution is 2.26. The van der Waals surface area contributed by atoms with E-state index in [0.29, 0.717) is 17.8 Å². The summed E-state index contributed by atoms with van der Waals surface area (Å²) in [6.07, 6.45) is 0. The zero-order valence-corrected chi connectivity index (χ0v) is 17.8. The average Bonchev–Trinajstić information content (AvgIpc) is 3.04. The molecule has 0 bridgehead atoms. The summed E-state index contributed by atoms with van der Waals surface area (Å²) in [6.45, 7) is 2.34. The van der Waals surface area contributed by atoms with E-state index in [1.165, 1.54) is 11.6 Å². The summed E-state index contributed by atoms with van der Waals surface area (Å²) in [5.41, 5.74) is 1.78. The molecule has 2 aromatic carbocycles. The van der Waals surface area contributed by atoms with Gasteiger partial charge in [0.05, 0.1) is 6.54 Å². The summed E-state index contributed by atoms with van der Waals surface area (Å²) >= 11 is 3.43. The zero-order chi connectivity index (χ0) is 20.7. The van der Waals surface area contributed by atoms with Crippen LogP contribution in [-0.4, -0.2) is 18.7 Å². The minimum absolute atomic E-state index is 0.256. The Hall–Kier alpha value is -3.13. The number of ether oxygens (including phenoxy) is 1. The van der Waals surface area contributed by atoms with Gasteiger partial charge in [-0.25, -0.2) is 4.79 Å². The number of rotatable bonds is 4. The van der Waals surface area contributed by atoms with Crippen molar-refractivity contribution in [2.45, 2.75) is 13.5 Å². The molecular formula is C21H19BrN4O3. The van der Waals surface area contributed by atoms with Crippen LogP contribution < -0.4 is 16.0 Å². The first-order valence-corrected chi connectivity index (χ1v) is 9.79. The van der Waals surface area contributed by atoms with E-state index in [-0.39, 0.29) is 11.7 Å². The van der Waals surface area contributed by atoms with Crippen molar-refractivity contribution >= 4 is 27.1 Å². The van der Waals surface area contributed by atoms with Crippen LogP contribution in [0.1, 0.15) is 11.1 Å². The summed E-state index contributed by atoms with van der Waals surface area (Å²) in [4.78, 5) is 29.8. The van der Waals surface area contributed by atoms with Crippen LogP contribution in [0.5, 0.6) is 11.8 Å². The van der Waals surface area contributed by atoms with Gasteiger partial charge in [-0.15, -0.1) is 0 Å². The summed E-state index contributed by atoms with van der Waals surface area (Å²) < 4.78 is 11.2. The Bertz CT molecular complexity index is 1330. The summed E-state index contributed by atoms with van der Waals surface area (Å²) in [5.74, 6) is 0.610. The molecule has 0 atom stereocenters. The SMILES string of the molecule is Cc1cccc(Oc2nc3c(c(=O)n(C)c(=O)n3C)n2Cc2ccc(Br)cc2)c1. The molecule has 0 unspecified atom stereocenters. The van der Waals surface area contributed by atoms with E-state index < -0.39 is 11.2 Å². The van der Waals surface area contributed by atoms with E-state index in [2.05, 4.69) is 20.9 Å². The highest BCUT2D eigenvalue weighted by molar-refractivity contribution is 9.10. The molecule has 0 fully saturated rings. The summed E-state index contributed by atoms with van der Waals surface area (Å²) in [6, 6.07) is 15.6. The molecule has 0 aliphatic carbocycles. The maximum Gasteiger partial charge on any atom is 0.332 e. The molecule has 4 rings (SSSR count). The van der Waals surface area contributed by atoms with Crippen LogP contribution in [0.3, 0.4) is 0 Å². The third kappa shape index (κ3) is 3.51. The van der Waals surface area contributed by atoms with E-state index in [1.54, 1.807) is 11.6 Å². The van der Waals surface area contributed by atoms with Crippen molar-refractivity contribution in [3.63, 3.8) is 0 Å². The van der Waals surface area contributed by atoms with Crippen LogP contribution in [0.2, 0.25) is 0 Å². The number of fused-ring (bicyclic) bond motifs is 1. The Balaban J connectivity index is 1.94. The molecule has 7 nitrogen and oxygen atoms in total. The lowest BCUT2D eigenvalue weighted by atomic mass is 10.2. The average molecular weight is 455 g/mol. The van der Waals surface area contributed by atoms with Gasteiger partial charge in [-0.1, -0.05) is 40.2 Å². The minimum Gasteiger partial charge on any atom is -0.425 e. The van der Waals surface area contributed by atoms with Gasteiger partial charge in [-0.2, -0.15) is 4.98 Å². The monoisotopic (exact) mass is 454 g/mol. The van der Waals surface area contributed by atoms with Gasteiger partial charge in [0.25, 0.3) is 5.56 Å². The molecule has 4 aromatic rings. The highest BCUT2D eigenvalue weighted by Gasteiger charge is 2.21. The largest absolute Gasteiger partial charge is 0.425 e. The first-order chi connectivity index (χ1) is 13.8. The van der Waals surface area contributed by atoms with Gasteiger partial charge in [-0.05, 0) is 42.3 Å². The molecule has 0 spiro atoms. The zero-order valence-electron chi connectivity index (χ0n) is 16.2. The number of hydrogen-bond donors (Lipinski definition) is 0. The quantitative estimate of drug-likeness (QED) is 0.473. The predicted octanol–water partition coefficient (Wildman–Crippen LogP) is 3.35. The third-order valence-electron chi connectivity index (χ3n) is 4.77. The molecule has 0 amide bonds. The van der Waals surface area contributed by atoms with Gasteiger partial charge in [0.15, 0.2) is 11.2 Å². The van der Waals surface area contributed by atoms with Crippen molar-refractivity contribution in [2.24, 2.45) is 14.1 Å². The van der Waals surface area contributed by atoms with Crippen molar-refractivity contribution in [3.05, 3.63) is 85.0 Å². The van der Waals surface area contributed by atoms with E-state index in [1.807, 2.05) is 55.5 Å². The Labute approximate surface area is 174 Å². The van der Waals surface area contributed by atoms with Crippen LogP contribution in [0, 0.1) is 6.92 Å². The number of nitrogens with zero attached hydrogens (tertiary/aromatic N) is 4. The highest BCUT2D eigenvalue weighted by atomic mass is 79.9. The number of imidazole rings is 1. The molecule has 0 radical (unpaired) electrons. The smallest absolute Gasteiger partial charge is 0.332 e. The van der Waals surface area contributed by atoms with E-state index in [4.69, 9.17) is 4.74 Å². The molecular weight excluding hydrogens is 436 g/mol. The summed E-state index contributed by atoms with van der Waals surface area (Å²) in [7, 11) is 3.06. The molecule has 148 valence electrons. The van der Waals surface area contributed by atoms with Crippen molar-refractivity contribution in [1.82, 2.24) is 18.7 Å². The van der Waals surface area contributed by atoms with Crippen LogP contribution in [0.25, 0.3) is 11.2 Å². The van der Waals surface area contributed by atoms with Gasteiger partial charge < -0.3 is 4.74 Å². The summed E-state index contributed by atoms with van der Waals surface area (Å²) in [5, 5.41) is 0. The Morgan fingerprint density at radius 1 is 1.03 bits per heavy atom. The van der Waals surface area contributed by atoms with Gasteiger partial charge in [0, 0.05) is 18.6 Å². The molecule has 2 aromatic heterocycles. The number of benzene rings is 2. The van der Waals surface area contributed by atoms with Gasteiger partial charge in [0.1, 0.15) is 5.75 Å². The van der Waals surface area contributed by atoms with Crippen molar-refractivity contribution < 1.29 is 4.74 Å². The first-order valence-electron chi connectivity index (χ1n) is 9.00. The standard InChI is InChI=1S/C21H19BrN4O3/c1-13-5-4-6-16(11-13)29-20-23-18-17(19(27)25(3)21(28)24(18)2)26(20)12-14-7-9-15(22)10-8-14/h4-11H,12H2,1-3H3. The molecule has 29 heavy (non-hydrogen) atoms.